The third-order valence-electron chi connectivity index (χ3n) is 5.03. The zero-order valence-corrected chi connectivity index (χ0v) is 17.1. The molecule has 0 spiro atoms. The Hall–Kier alpha value is -2.32. The van der Waals surface area contributed by atoms with Crippen molar-refractivity contribution in [2.75, 3.05) is 0 Å². The van der Waals surface area contributed by atoms with Gasteiger partial charge in [-0.25, -0.2) is 0 Å². The van der Waals surface area contributed by atoms with Gasteiger partial charge < -0.3 is 9.84 Å². The first kappa shape index (κ1) is 21.4. The zero-order chi connectivity index (χ0) is 21.0. The molecule has 0 bridgehead atoms. The minimum Gasteiger partial charge on any atom is -0.481 e. The number of rotatable bonds is 4. The smallest absolute Gasteiger partial charge is 0.314 e. The number of carbonyl (C=O) groups excluding carboxylic acids is 3. The average Bonchev–Trinajstić information content (AvgIpc) is 2.85. The summed E-state index contributed by atoms with van der Waals surface area (Å²) in [5.74, 6) is -1.13. The number of hydrogen-bond donors (Lipinski definition) is 2. The molecule has 2 aliphatic carbocycles. The van der Waals surface area contributed by atoms with Crippen molar-refractivity contribution in [1.29, 1.82) is 0 Å². The fourth-order valence-electron chi connectivity index (χ4n) is 2.77. The lowest BCUT2D eigenvalue weighted by molar-refractivity contribution is -0.144. The maximum Gasteiger partial charge on any atom is 0.314 e. The molecule has 2 N–H and O–H groups in total. The summed E-state index contributed by atoms with van der Waals surface area (Å²) in [5, 5.41) is 10.2. The van der Waals surface area contributed by atoms with Crippen LogP contribution in [0.1, 0.15) is 44.1 Å². The number of esters is 1. The number of ether oxygens (including phenoxy) is 1. The summed E-state index contributed by atoms with van der Waals surface area (Å²) in [6, 6.07) is 4.97. The van der Waals surface area contributed by atoms with Crippen LogP contribution in [0.3, 0.4) is 0 Å². The number of halogens is 1. The fourth-order valence-corrected chi connectivity index (χ4v) is 3.66. The number of imide groups is 1. The minimum absolute atomic E-state index is 0.000000000000000444. The van der Waals surface area contributed by atoms with E-state index in [1.807, 2.05) is 0 Å². The molecular weight excluding hydrogens is 418 g/mol. The molecule has 0 atom stereocenters. The van der Waals surface area contributed by atoms with Crippen molar-refractivity contribution in [1.82, 2.24) is 5.32 Å². The summed E-state index contributed by atoms with van der Waals surface area (Å²) in [4.78, 5) is 44.8. The summed E-state index contributed by atoms with van der Waals surface area (Å²) >= 11 is 7.04. The van der Waals surface area contributed by atoms with Gasteiger partial charge in [0, 0.05) is 0 Å². The highest BCUT2D eigenvalue weighted by atomic mass is 35.5. The Morgan fingerprint density at radius 3 is 2.24 bits per heavy atom. The molecule has 1 saturated heterocycles. The summed E-state index contributed by atoms with van der Waals surface area (Å²) in [5.41, 5.74) is 0.521. The molecule has 1 heterocycles. The van der Waals surface area contributed by atoms with Gasteiger partial charge in [0.2, 0.25) is 0 Å². The van der Waals surface area contributed by atoms with Gasteiger partial charge in [-0.3, -0.25) is 24.5 Å². The molecule has 2 amide bonds. The second kappa shape index (κ2) is 9.45. The van der Waals surface area contributed by atoms with E-state index in [4.69, 9.17) is 21.4 Å². The van der Waals surface area contributed by atoms with Crippen LogP contribution in [-0.2, 0) is 14.4 Å². The van der Waals surface area contributed by atoms with E-state index >= 15 is 0 Å². The van der Waals surface area contributed by atoms with Gasteiger partial charge in [-0.05, 0) is 55.2 Å². The molecular formula is C20H20ClNO6S. The third kappa shape index (κ3) is 5.39. The molecule has 1 aromatic rings. The topological polar surface area (TPSA) is 110 Å². The van der Waals surface area contributed by atoms with E-state index in [1.54, 1.807) is 18.2 Å². The number of thioether (sulfide) groups is 1. The second-order valence-electron chi connectivity index (χ2n) is 7.03. The predicted octanol–water partition coefficient (Wildman–Crippen LogP) is 4.24. The summed E-state index contributed by atoms with van der Waals surface area (Å²) in [6.45, 7) is 0. The van der Waals surface area contributed by atoms with E-state index in [9.17, 15) is 19.2 Å². The highest BCUT2D eigenvalue weighted by molar-refractivity contribution is 8.18. The molecule has 3 aliphatic rings. The molecule has 1 aromatic carbocycles. The van der Waals surface area contributed by atoms with Crippen LogP contribution in [0.25, 0.3) is 6.08 Å². The van der Waals surface area contributed by atoms with Crippen LogP contribution in [0, 0.1) is 11.8 Å². The maximum absolute atomic E-state index is 11.9. The van der Waals surface area contributed by atoms with Crippen molar-refractivity contribution >= 4 is 52.5 Å². The van der Waals surface area contributed by atoms with E-state index in [1.165, 1.54) is 6.08 Å². The van der Waals surface area contributed by atoms with Crippen LogP contribution in [0.15, 0.2) is 23.1 Å². The van der Waals surface area contributed by atoms with E-state index in [0.717, 1.165) is 50.3 Å². The monoisotopic (exact) mass is 437 g/mol. The lowest BCUT2D eigenvalue weighted by Crippen LogP contribution is -2.26. The Morgan fingerprint density at radius 1 is 1.14 bits per heavy atom. The first-order valence-corrected chi connectivity index (χ1v) is 10.5. The fraction of sp³-hybridized carbons (Fsp3) is 0.400. The number of aliphatic carboxylic acids is 1. The molecule has 0 radical (unpaired) electrons. The third-order valence-corrected chi connectivity index (χ3v) is 6.24. The van der Waals surface area contributed by atoms with Crippen molar-refractivity contribution in [3.8, 4) is 5.75 Å². The predicted molar refractivity (Wildman–Crippen MR) is 109 cm³/mol. The average molecular weight is 438 g/mol. The number of hydrogen-bond acceptors (Lipinski definition) is 6. The highest BCUT2D eigenvalue weighted by Crippen LogP contribution is 2.35. The SMILES string of the molecule is O=C(O)C1CCC1.O=C1NC(=O)/C(=C/c2cccc(OC(=O)C3CCC3)c2Cl)S1. The van der Waals surface area contributed by atoms with E-state index < -0.39 is 17.1 Å². The molecule has 3 fully saturated rings. The largest absolute Gasteiger partial charge is 0.481 e. The van der Waals surface area contributed by atoms with Gasteiger partial charge in [0.1, 0.15) is 5.75 Å². The number of benzene rings is 1. The van der Waals surface area contributed by atoms with Gasteiger partial charge in [0.05, 0.1) is 21.8 Å². The van der Waals surface area contributed by atoms with E-state index in [0.29, 0.717) is 5.56 Å². The molecule has 0 unspecified atom stereocenters. The lowest BCUT2D eigenvalue weighted by Gasteiger charge is -2.23. The Labute approximate surface area is 176 Å². The summed E-state index contributed by atoms with van der Waals surface area (Å²) in [7, 11) is 0. The van der Waals surface area contributed by atoms with Gasteiger partial charge in [-0.1, -0.05) is 36.6 Å². The standard InChI is InChI=1S/C15H12ClNO4S.C5H8O2/c16-12-9(7-11-13(18)17-15(20)22-11)5-2-6-10(12)21-14(19)8-3-1-4-8;6-5(7)4-2-1-3-4/h2,5-8H,1,3-4H2,(H,17,18,20);4H,1-3H2,(H,6,7)/b11-7-;. The van der Waals surface area contributed by atoms with Gasteiger partial charge in [0.15, 0.2) is 0 Å². The van der Waals surface area contributed by atoms with Crippen LogP contribution >= 0.6 is 23.4 Å². The van der Waals surface area contributed by atoms with Crippen molar-refractivity contribution < 1.29 is 29.0 Å². The van der Waals surface area contributed by atoms with Crippen molar-refractivity contribution in [3.05, 3.63) is 33.7 Å². The van der Waals surface area contributed by atoms with Crippen molar-refractivity contribution in [2.45, 2.75) is 38.5 Å². The molecule has 4 rings (SSSR count). The molecule has 29 heavy (non-hydrogen) atoms. The van der Waals surface area contributed by atoms with Crippen molar-refractivity contribution in [2.24, 2.45) is 11.8 Å². The zero-order valence-electron chi connectivity index (χ0n) is 15.5. The summed E-state index contributed by atoms with van der Waals surface area (Å²) < 4.78 is 5.33. The van der Waals surface area contributed by atoms with E-state index in [2.05, 4.69) is 5.32 Å². The normalized spacial score (nSPS) is 20.2. The molecule has 0 aromatic heterocycles. The van der Waals surface area contributed by atoms with Gasteiger partial charge in [-0.2, -0.15) is 0 Å². The number of nitrogens with one attached hydrogen (secondary N) is 1. The minimum atomic E-state index is -0.619. The lowest BCUT2D eigenvalue weighted by atomic mass is 9.86. The molecule has 154 valence electrons. The Balaban J connectivity index is 0.000000290. The van der Waals surface area contributed by atoms with Gasteiger partial charge >= 0.3 is 11.9 Å². The molecule has 7 nitrogen and oxygen atoms in total. The first-order valence-electron chi connectivity index (χ1n) is 9.33. The highest BCUT2D eigenvalue weighted by Gasteiger charge is 2.28. The first-order chi connectivity index (χ1) is 13.8. The Morgan fingerprint density at radius 2 is 1.79 bits per heavy atom. The van der Waals surface area contributed by atoms with Crippen molar-refractivity contribution in [3.63, 3.8) is 0 Å². The number of amides is 2. The number of carbonyl (C=O) groups is 4. The Kier molecular flexibility index (Phi) is 6.97. The molecule has 2 saturated carbocycles. The van der Waals surface area contributed by atoms with E-state index in [-0.39, 0.29) is 33.5 Å². The number of carboxylic acids is 1. The van der Waals surface area contributed by atoms with Crippen LogP contribution in [0.2, 0.25) is 5.02 Å². The van der Waals surface area contributed by atoms with Gasteiger partial charge in [-0.15, -0.1) is 0 Å². The van der Waals surface area contributed by atoms with Gasteiger partial charge in [0.25, 0.3) is 11.1 Å². The number of carboxylic acid groups (broad SMARTS) is 1. The Bertz CT molecular complexity index is 876. The molecule has 1 aliphatic heterocycles. The van der Waals surface area contributed by atoms with Crippen LogP contribution in [-0.4, -0.2) is 28.2 Å². The van der Waals surface area contributed by atoms with Crippen LogP contribution < -0.4 is 10.1 Å². The summed E-state index contributed by atoms with van der Waals surface area (Å²) in [6.07, 6.45) is 7.15. The second-order valence-corrected chi connectivity index (χ2v) is 8.42. The van der Waals surface area contributed by atoms with Crippen LogP contribution in [0.5, 0.6) is 5.75 Å². The van der Waals surface area contributed by atoms with Crippen LogP contribution in [0.4, 0.5) is 4.79 Å². The quantitative estimate of drug-likeness (QED) is 0.411. The molecule has 9 heteroatoms. The maximum atomic E-state index is 11.9.